The predicted octanol–water partition coefficient (Wildman–Crippen LogP) is 3.14. The Hall–Kier alpha value is -1.78. The third kappa shape index (κ3) is 3.65. The van der Waals surface area contributed by atoms with Gasteiger partial charge in [0.05, 0.1) is 11.1 Å². The van der Waals surface area contributed by atoms with Gasteiger partial charge in [-0.3, -0.25) is 0 Å². The third-order valence-corrected chi connectivity index (χ3v) is 4.19. The van der Waals surface area contributed by atoms with E-state index in [4.69, 9.17) is 0 Å². The van der Waals surface area contributed by atoms with E-state index in [1.807, 2.05) is 6.92 Å². The Balaban J connectivity index is 3.34. The summed E-state index contributed by atoms with van der Waals surface area (Å²) in [5.74, 6) is -2.58. The molecule has 0 aromatic heterocycles. The van der Waals surface area contributed by atoms with E-state index in [2.05, 4.69) is 12.2 Å². The summed E-state index contributed by atoms with van der Waals surface area (Å²) in [6.07, 6.45) is 3.59. The monoisotopic (exact) mass is 295 g/mol. The molecular weight excluding hydrogens is 270 g/mol. The molecule has 21 heavy (non-hydrogen) atoms. The highest BCUT2D eigenvalue weighted by Crippen LogP contribution is 2.39. The maximum Gasteiger partial charge on any atom is 0.333 e. The van der Waals surface area contributed by atoms with Crippen molar-refractivity contribution in [1.29, 1.82) is 0 Å². The Morgan fingerprint density at radius 3 is 1.90 bits per heavy atom. The maximum absolute atomic E-state index is 11.6. The molecule has 3 N–H and O–H groups in total. The lowest BCUT2D eigenvalue weighted by Gasteiger charge is -2.33. The number of carbonyl (C=O) groups is 2. The molecule has 0 spiro atoms. The summed E-state index contributed by atoms with van der Waals surface area (Å²) in [5.41, 5.74) is 1.48. The van der Waals surface area contributed by atoms with Crippen LogP contribution in [0.4, 0.5) is 0 Å². The molecule has 0 amide bonds. The van der Waals surface area contributed by atoms with Crippen molar-refractivity contribution in [3.05, 3.63) is 22.5 Å². The summed E-state index contributed by atoms with van der Waals surface area (Å²) in [6.45, 7) is 7.47. The molecule has 1 heterocycles. The Morgan fingerprint density at radius 1 is 1.10 bits per heavy atom. The minimum Gasteiger partial charge on any atom is -0.478 e. The molecule has 1 aliphatic heterocycles. The quantitative estimate of drug-likeness (QED) is 0.671. The van der Waals surface area contributed by atoms with Crippen molar-refractivity contribution in [2.75, 3.05) is 0 Å². The van der Waals surface area contributed by atoms with E-state index >= 15 is 0 Å². The van der Waals surface area contributed by atoms with Gasteiger partial charge in [-0.1, -0.05) is 33.1 Å². The molecule has 1 aliphatic rings. The van der Waals surface area contributed by atoms with Crippen LogP contribution in [-0.4, -0.2) is 22.2 Å². The number of rotatable bonds is 7. The number of unbranched alkanes of at least 4 members (excludes halogenated alkanes) is 1. The van der Waals surface area contributed by atoms with Crippen LogP contribution in [0.5, 0.6) is 0 Å². The van der Waals surface area contributed by atoms with Crippen LogP contribution in [0.1, 0.15) is 53.4 Å². The predicted molar refractivity (Wildman–Crippen MR) is 80.6 cm³/mol. The molecule has 1 atom stereocenters. The van der Waals surface area contributed by atoms with Gasteiger partial charge in [0.15, 0.2) is 0 Å². The van der Waals surface area contributed by atoms with E-state index < -0.39 is 17.9 Å². The number of carboxylic acids is 2. The molecule has 0 saturated heterocycles. The molecule has 5 nitrogen and oxygen atoms in total. The SMILES string of the molecule is CCCCC(CC)C1C(C(=O)O)=C(C)NC(C)=C1C(=O)O. The zero-order valence-electron chi connectivity index (χ0n) is 13.2. The van der Waals surface area contributed by atoms with E-state index in [9.17, 15) is 19.8 Å². The van der Waals surface area contributed by atoms with Gasteiger partial charge in [-0.2, -0.15) is 0 Å². The molecule has 0 fully saturated rings. The van der Waals surface area contributed by atoms with Gasteiger partial charge < -0.3 is 15.5 Å². The number of allylic oxidation sites excluding steroid dienone is 2. The van der Waals surface area contributed by atoms with Crippen LogP contribution in [0.2, 0.25) is 0 Å². The van der Waals surface area contributed by atoms with Crippen molar-refractivity contribution in [3.63, 3.8) is 0 Å². The first kappa shape index (κ1) is 17.3. The van der Waals surface area contributed by atoms with Crippen molar-refractivity contribution in [2.24, 2.45) is 11.8 Å². The van der Waals surface area contributed by atoms with Gasteiger partial charge in [-0.05, 0) is 26.2 Å². The molecule has 0 aromatic carbocycles. The average Bonchev–Trinajstić information content (AvgIpc) is 2.37. The average molecular weight is 295 g/mol. The van der Waals surface area contributed by atoms with Gasteiger partial charge in [0.25, 0.3) is 0 Å². The second kappa shape index (κ2) is 7.29. The van der Waals surface area contributed by atoms with Crippen molar-refractivity contribution in [3.8, 4) is 0 Å². The normalized spacial score (nSPS) is 17.7. The fourth-order valence-corrected chi connectivity index (χ4v) is 3.16. The van der Waals surface area contributed by atoms with Crippen molar-refractivity contribution >= 4 is 11.9 Å². The zero-order chi connectivity index (χ0) is 16.2. The van der Waals surface area contributed by atoms with Gasteiger partial charge >= 0.3 is 11.9 Å². The summed E-state index contributed by atoms with van der Waals surface area (Å²) in [7, 11) is 0. The lowest BCUT2D eigenvalue weighted by atomic mass is 9.73. The second-order valence-electron chi connectivity index (χ2n) is 5.60. The van der Waals surface area contributed by atoms with Gasteiger partial charge in [0.1, 0.15) is 0 Å². The summed E-state index contributed by atoms with van der Waals surface area (Å²) >= 11 is 0. The van der Waals surface area contributed by atoms with Gasteiger partial charge in [-0.15, -0.1) is 0 Å². The Kier molecular flexibility index (Phi) is 6.00. The van der Waals surface area contributed by atoms with Crippen LogP contribution in [0.15, 0.2) is 22.5 Å². The molecule has 0 bridgehead atoms. The summed E-state index contributed by atoms with van der Waals surface area (Å²) in [6, 6.07) is 0. The minimum atomic E-state index is -1.04. The third-order valence-electron chi connectivity index (χ3n) is 4.19. The van der Waals surface area contributed by atoms with Crippen LogP contribution in [0, 0.1) is 11.8 Å². The Bertz CT molecular complexity index is 455. The lowest BCUT2D eigenvalue weighted by Crippen LogP contribution is -2.36. The number of dihydropyridines is 1. The van der Waals surface area contributed by atoms with Crippen LogP contribution in [-0.2, 0) is 9.59 Å². The largest absolute Gasteiger partial charge is 0.478 e. The molecule has 118 valence electrons. The van der Waals surface area contributed by atoms with E-state index in [1.54, 1.807) is 13.8 Å². The van der Waals surface area contributed by atoms with Crippen LogP contribution in [0.3, 0.4) is 0 Å². The highest BCUT2D eigenvalue weighted by Gasteiger charge is 2.39. The summed E-state index contributed by atoms with van der Waals surface area (Å²) in [5, 5.41) is 21.9. The molecule has 1 rings (SSSR count). The van der Waals surface area contributed by atoms with Crippen molar-refractivity contribution in [2.45, 2.75) is 53.4 Å². The molecule has 0 aromatic rings. The Labute approximate surface area is 125 Å². The van der Waals surface area contributed by atoms with Crippen molar-refractivity contribution in [1.82, 2.24) is 5.32 Å². The molecule has 5 heteroatoms. The van der Waals surface area contributed by atoms with Gasteiger partial charge in [0, 0.05) is 17.3 Å². The molecule has 0 aliphatic carbocycles. The highest BCUT2D eigenvalue weighted by atomic mass is 16.4. The molecular formula is C16H25NO4. The lowest BCUT2D eigenvalue weighted by molar-refractivity contribution is -0.134. The number of hydrogen-bond acceptors (Lipinski definition) is 3. The summed E-state index contributed by atoms with van der Waals surface area (Å²) < 4.78 is 0. The molecule has 1 unspecified atom stereocenters. The van der Waals surface area contributed by atoms with Gasteiger partial charge in [0.2, 0.25) is 0 Å². The molecule has 0 radical (unpaired) electrons. The second-order valence-corrected chi connectivity index (χ2v) is 5.60. The highest BCUT2D eigenvalue weighted by molar-refractivity contribution is 5.96. The smallest absolute Gasteiger partial charge is 0.333 e. The van der Waals surface area contributed by atoms with E-state index in [1.165, 1.54) is 0 Å². The standard InChI is InChI=1S/C16H25NO4/c1-5-7-8-11(6-2)14-12(15(18)19)9(3)17-10(4)13(14)16(20)21/h11,14,17H,5-8H2,1-4H3,(H,18,19)(H,20,21). The van der Waals surface area contributed by atoms with Crippen LogP contribution < -0.4 is 5.32 Å². The maximum atomic E-state index is 11.6. The van der Waals surface area contributed by atoms with Gasteiger partial charge in [-0.25, -0.2) is 9.59 Å². The van der Waals surface area contributed by atoms with E-state index in [-0.39, 0.29) is 17.1 Å². The number of nitrogens with one attached hydrogen (secondary N) is 1. The van der Waals surface area contributed by atoms with Crippen LogP contribution in [0.25, 0.3) is 0 Å². The van der Waals surface area contributed by atoms with Crippen molar-refractivity contribution < 1.29 is 19.8 Å². The number of aliphatic carboxylic acids is 2. The molecule has 0 saturated carbocycles. The van der Waals surface area contributed by atoms with Crippen LogP contribution >= 0.6 is 0 Å². The first-order valence-electron chi connectivity index (χ1n) is 7.50. The van der Waals surface area contributed by atoms with E-state index in [0.717, 1.165) is 25.7 Å². The number of carboxylic acid groups (broad SMARTS) is 2. The zero-order valence-corrected chi connectivity index (χ0v) is 13.2. The first-order valence-corrected chi connectivity index (χ1v) is 7.50. The summed E-state index contributed by atoms with van der Waals surface area (Å²) in [4.78, 5) is 23.3. The number of hydrogen-bond donors (Lipinski definition) is 3. The first-order chi connectivity index (χ1) is 9.84. The topological polar surface area (TPSA) is 86.6 Å². The Morgan fingerprint density at radius 2 is 1.57 bits per heavy atom. The van der Waals surface area contributed by atoms with E-state index in [0.29, 0.717) is 11.4 Å². The minimum absolute atomic E-state index is 0.0362. The fraction of sp³-hybridized carbons (Fsp3) is 0.625. The fourth-order valence-electron chi connectivity index (χ4n) is 3.16.